The first-order chi connectivity index (χ1) is 17.6. The highest BCUT2D eigenvalue weighted by Gasteiger charge is 2.41. The second kappa shape index (κ2) is 10.0. The first-order valence-electron chi connectivity index (χ1n) is 12.5. The average Bonchev–Trinajstić information content (AvgIpc) is 3.43. The van der Waals surface area contributed by atoms with E-state index in [2.05, 4.69) is 22.3 Å². The van der Waals surface area contributed by atoms with Crippen LogP contribution in [0.1, 0.15) is 65.0 Å². The fourth-order valence-corrected chi connectivity index (χ4v) is 5.70. The maximum atomic E-state index is 13.6. The SMILES string of the molecule is FC(F)(F)c1cc([C@H]2[N]CCC(c3ccc(N4CCCC4)cc3)[C@H]2c2ccccc2)cc(C(F)(F)F)c1. The van der Waals surface area contributed by atoms with E-state index in [1.165, 1.54) is 0 Å². The molecule has 1 unspecified atom stereocenters. The van der Waals surface area contributed by atoms with Gasteiger partial charge in [0.05, 0.1) is 17.2 Å². The highest BCUT2D eigenvalue weighted by Crippen LogP contribution is 2.49. The Morgan fingerprint density at radius 2 is 1.27 bits per heavy atom. The zero-order valence-electron chi connectivity index (χ0n) is 20.1. The van der Waals surface area contributed by atoms with Gasteiger partial charge in [0.1, 0.15) is 0 Å². The van der Waals surface area contributed by atoms with Gasteiger partial charge in [0, 0.05) is 31.2 Å². The Hall–Kier alpha value is -3.00. The molecule has 0 N–H and O–H groups in total. The normalized spacial score (nSPS) is 22.9. The van der Waals surface area contributed by atoms with Crippen molar-refractivity contribution in [3.05, 3.63) is 101 Å². The van der Waals surface area contributed by atoms with Gasteiger partial charge in [0.2, 0.25) is 0 Å². The highest BCUT2D eigenvalue weighted by atomic mass is 19.4. The predicted octanol–water partition coefficient (Wildman–Crippen LogP) is 7.94. The fourth-order valence-electron chi connectivity index (χ4n) is 5.70. The number of benzene rings is 3. The Labute approximate surface area is 212 Å². The van der Waals surface area contributed by atoms with E-state index in [-0.39, 0.29) is 17.5 Å². The van der Waals surface area contributed by atoms with Crippen LogP contribution in [0.4, 0.5) is 32.0 Å². The summed E-state index contributed by atoms with van der Waals surface area (Å²) in [5.41, 5.74) is 0.305. The fraction of sp³-hybridized carbons (Fsp3) is 0.379. The van der Waals surface area contributed by atoms with E-state index >= 15 is 0 Å². The van der Waals surface area contributed by atoms with Gasteiger partial charge in [-0.05, 0) is 72.2 Å². The lowest BCUT2D eigenvalue weighted by atomic mass is 9.71. The molecule has 5 rings (SSSR count). The number of anilines is 1. The van der Waals surface area contributed by atoms with Crippen LogP contribution in [-0.4, -0.2) is 19.6 Å². The van der Waals surface area contributed by atoms with Gasteiger partial charge in [-0.25, -0.2) is 5.32 Å². The summed E-state index contributed by atoms with van der Waals surface area (Å²) in [5, 5.41) is 4.62. The molecule has 3 aromatic rings. The maximum absolute atomic E-state index is 13.6. The predicted molar refractivity (Wildman–Crippen MR) is 131 cm³/mol. The lowest BCUT2D eigenvalue weighted by Gasteiger charge is -2.39. The van der Waals surface area contributed by atoms with Gasteiger partial charge in [0.15, 0.2) is 0 Å². The standard InChI is InChI=1S/C29H27F6N2/c30-28(31,32)22-16-21(17-23(18-22)29(33,34)35)27-26(20-6-2-1-3-7-20)25(12-13-36-27)19-8-10-24(11-9-19)37-14-4-5-15-37/h1-3,6-11,16-18,25-27H,4-5,12-15H2/t25?,26-,27-/m1/s1. The van der Waals surface area contributed by atoms with E-state index in [0.717, 1.165) is 54.9 Å². The third kappa shape index (κ3) is 5.49. The number of hydrogen-bond donors (Lipinski definition) is 0. The molecule has 0 bridgehead atoms. The molecule has 2 nitrogen and oxygen atoms in total. The topological polar surface area (TPSA) is 17.3 Å². The van der Waals surface area contributed by atoms with E-state index in [1.54, 1.807) is 0 Å². The van der Waals surface area contributed by atoms with Gasteiger partial charge in [0.25, 0.3) is 0 Å². The first-order valence-corrected chi connectivity index (χ1v) is 12.5. The summed E-state index contributed by atoms with van der Waals surface area (Å²) in [5.74, 6) is -0.515. The smallest absolute Gasteiger partial charge is 0.372 e. The largest absolute Gasteiger partial charge is 0.416 e. The number of rotatable bonds is 4. The minimum atomic E-state index is -4.91. The van der Waals surface area contributed by atoms with E-state index < -0.39 is 35.4 Å². The molecule has 2 saturated heterocycles. The van der Waals surface area contributed by atoms with Crippen LogP contribution in [0, 0.1) is 0 Å². The zero-order valence-corrected chi connectivity index (χ0v) is 20.1. The molecule has 0 amide bonds. The minimum absolute atomic E-state index is 0.0608. The number of alkyl halides is 6. The summed E-state index contributed by atoms with van der Waals surface area (Å²) < 4.78 is 81.8. The van der Waals surface area contributed by atoms with Crippen LogP contribution in [0.15, 0.2) is 72.8 Å². The molecule has 0 aromatic heterocycles. The van der Waals surface area contributed by atoms with Crippen molar-refractivity contribution in [2.75, 3.05) is 24.5 Å². The summed E-state index contributed by atoms with van der Waals surface area (Å²) >= 11 is 0. The Morgan fingerprint density at radius 1 is 0.676 bits per heavy atom. The van der Waals surface area contributed by atoms with Crippen molar-refractivity contribution < 1.29 is 26.3 Å². The zero-order chi connectivity index (χ0) is 26.2. The number of piperidine rings is 1. The molecule has 2 aliphatic heterocycles. The van der Waals surface area contributed by atoms with Crippen LogP contribution in [0.3, 0.4) is 0 Å². The minimum Gasteiger partial charge on any atom is -0.372 e. The van der Waals surface area contributed by atoms with Gasteiger partial charge in [-0.3, -0.25) is 0 Å². The van der Waals surface area contributed by atoms with Crippen molar-refractivity contribution in [2.45, 2.75) is 49.5 Å². The number of nitrogens with zero attached hydrogens (tertiary/aromatic N) is 2. The molecule has 2 heterocycles. The van der Waals surface area contributed by atoms with Gasteiger partial charge >= 0.3 is 12.4 Å². The van der Waals surface area contributed by atoms with E-state index in [4.69, 9.17) is 0 Å². The Morgan fingerprint density at radius 3 is 1.84 bits per heavy atom. The van der Waals surface area contributed by atoms with Gasteiger partial charge < -0.3 is 4.90 Å². The number of hydrogen-bond acceptors (Lipinski definition) is 1. The molecule has 195 valence electrons. The maximum Gasteiger partial charge on any atom is 0.416 e. The Kier molecular flexibility index (Phi) is 6.96. The van der Waals surface area contributed by atoms with Gasteiger partial charge in [-0.1, -0.05) is 42.5 Å². The van der Waals surface area contributed by atoms with Crippen molar-refractivity contribution in [1.29, 1.82) is 0 Å². The van der Waals surface area contributed by atoms with E-state index in [1.807, 2.05) is 42.5 Å². The highest BCUT2D eigenvalue weighted by molar-refractivity contribution is 5.50. The van der Waals surface area contributed by atoms with Crippen LogP contribution in [0.2, 0.25) is 0 Å². The van der Waals surface area contributed by atoms with Crippen molar-refractivity contribution in [3.63, 3.8) is 0 Å². The lowest BCUT2D eigenvalue weighted by molar-refractivity contribution is -0.143. The quantitative estimate of drug-likeness (QED) is 0.321. The monoisotopic (exact) mass is 517 g/mol. The third-order valence-corrected chi connectivity index (χ3v) is 7.47. The summed E-state index contributed by atoms with van der Waals surface area (Å²) in [4.78, 5) is 2.32. The van der Waals surface area contributed by atoms with E-state index in [0.29, 0.717) is 13.0 Å². The van der Waals surface area contributed by atoms with Gasteiger partial charge in [-0.15, -0.1) is 0 Å². The molecule has 8 heteroatoms. The average molecular weight is 518 g/mol. The molecule has 2 fully saturated rings. The second-order valence-electron chi connectivity index (χ2n) is 9.81. The molecule has 0 spiro atoms. The van der Waals surface area contributed by atoms with Crippen molar-refractivity contribution in [3.8, 4) is 0 Å². The van der Waals surface area contributed by atoms with Crippen LogP contribution in [0.25, 0.3) is 0 Å². The molecular formula is C29H27F6N2. The summed E-state index contributed by atoms with van der Waals surface area (Å²) in [6, 6.07) is 18.5. The van der Waals surface area contributed by atoms with Crippen LogP contribution in [0.5, 0.6) is 0 Å². The molecule has 3 atom stereocenters. The third-order valence-electron chi connectivity index (χ3n) is 7.47. The van der Waals surface area contributed by atoms with Gasteiger partial charge in [-0.2, -0.15) is 26.3 Å². The number of halogens is 6. The van der Waals surface area contributed by atoms with Crippen molar-refractivity contribution in [1.82, 2.24) is 5.32 Å². The second-order valence-corrected chi connectivity index (χ2v) is 9.81. The van der Waals surface area contributed by atoms with Crippen LogP contribution >= 0.6 is 0 Å². The van der Waals surface area contributed by atoms with Crippen LogP contribution < -0.4 is 10.2 Å². The molecule has 2 aliphatic rings. The summed E-state index contributed by atoms with van der Waals surface area (Å²) in [6.07, 6.45) is -6.85. The van der Waals surface area contributed by atoms with Crippen molar-refractivity contribution >= 4 is 5.69 Å². The lowest BCUT2D eigenvalue weighted by Crippen LogP contribution is -2.34. The molecule has 3 aromatic carbocycles. The molecule has 1 radical (unpaired) electrons. The van der Waals surface area contributed by atoms with Crippen molar-refractivity contribution in [2.24, 2.45) is 0 Å². The Bertz CT molecular complexity index is 1170. The molecule has 0 saturated carbocycles. The molecule has 0 aliphatic carbocycles. The Balaban J connectivity index is 1.57. The van der Waals surface area contributed by atoms with E-state index in [9.17, 15) is 26.3 Å². The summed E-state index contributed by atoms with van der Waals surface area (Å²) in [6.45, 7) is 2.37. The molecule has 37 heavy (non-hydrogen) atoms. The first kappa shape index (κ1) is 25.6. The molecular weight excluding hydrogens is 490 g/mol. The van der Waals surface area contributed by atoms with Crippen LogP contribution in [-0.2, 0) is 12.4 Å². The summed E-state index contributed by atoms with van der Waals surface area (Å²) in [7, 11) is 0.